The van der Waals surface area contributed by atoms with Crippen LogP contribution in [0, 0.1) is 0 Å². The fourth-order valence-electron chi connectivity index (χ4n) is 6.89. The molecule has 0 saturated carbocycles. The summed E-state index contributed by atoms with van der Waals surface area (Å²) in [4.78, 5) is 15.5. The molecule has 0 radical (unpaired) electrons. The summed E-state index contributed by atoms with van der Waals surface area (Å²) < 4.78 is 9.10. The van der Waals surface area contributed by atoms with Gasteiger partial charge in [-0.3, -0.25) is 0 Å². The number of aromatic nitrogens is 3. The second-order valence-electron chi connectivity index (χ2n) is 11.5. The minimum absolute atomic E-state index is 0.615. The number of fused-ring (bicyclic) bond motifs is 11. The lowest BCUT2D eigenvalue weighted by Crippen LogP contribution is -2.00. The van der Waals surface area contributed by atoms with Gasteiger partial charge < -0.3 is 4.42 Å². The lowest BCUT2D eigenvalue weighted by Gasteiger charge is -2.12. The van der Waals surface area contributed by atoms with Gasteiger partial charge in [-0.25, -0.2) is 15.0 Å². The predicted molar refractivity (Wildman–Crippen MR) is 191 cm³/mol. The van der Waals surface area contributed by atoms with E-state index in [9.17, 15) is 0 Å². The molecule has 214 valence electrons. The highest BCUT2D eigenvalue weighted by Crippen LogP contribution is 2.44. The number of rotatable bonds is 3. The summed E-state index contributed by atoms with van der Waals surface area (Å²) in [5.74, 6) is 1.90. The Balaban J connectivity index is 1.33. The quantitative estimate of drug-likeness (QED) is 0.188. The van der Waals surface area contributed by atoms with Crippen molar-refractivity contribution in [1.29, 1.82) is 0 Å². The monoisotopic (exact) mass is 605 g/mol. The Bertz CT molecular complexity index is 2820. The third-order valence-electron chi connectivity index (χ3n) is 8.93. The van der Waals surface area contributed by atoms with Gasteiger partial charge in [-0.1, -0.05) is 121 Å². The molecular formula is C41H23N3OS. The first-order chi connectivity index (χ1) is 22.8. The Morgan fingerprint density at radius 1 is 0.413 bits per heavy atom. The van der Waals surface area contributed by atoms with Crippen LogP contribution < -0.4 is 0 Å². The van der Waals surface area contributed by atoms with Crippen LogP contribution in [0.5, 0.6) is 0 Å². The van der Waals surface area contributed by atoms with Gasteiger partial charge in [-0.15, -0.1) is 11.3 Å². The third-order valence-corrected chi connectivity index (χ3v) is 10.1. The molecule has 10 rings (SSSR count). The number of thiophene rings is 1. The Kier molecular flexibility index (Phi) is 5.41. The minimum Gasteiger partial charge on any atom is -0.455 e. The highest BCUT2D eigenvalue weighted by atomic mass is 32.1. The van der Waals surface area contributed by atoms with Gasteiger partial charge in [0.15, 0.2) is 17.5 Å². The second kappa shape index (κ2) is 9.80. The van der Waals surface area contributed by atoms with E-state index in [1.54, 1.807) is 11.3 Å². The number of para-hydroxylation sites is 1. The summed E-state index contributed by atoms with van der Waals surface area (Å²) >= 11 is 1.78. The topological polar surface area (TPSA) is 51.8 Å². The van der Waals surface area contributed by atoms with Gasteiger partial charge in [-0.2, -0.15) is 0 Å². The van der Waals surface area contributed by atoms with Gasteiger partial charge >= 0.3 is 0 Å². The van der Waals surface area contributed by atoms with Crippen LogP contribution in [-0.2, 0) is 0 Å². The smallest absolute Gasteiger partial charge is 0.165 e. The average Bonchev–Trinajstić information content (AvgIpc) is 3.71. The van der Waals surface area contributed by atoms with Crippen molar-refractivity contribution in [2.45, 2.75) is 0 Å². The largest absolute Gasteiger partial charge is 0.455 e. The standard InChI is InChI=1S/C41H23N3OS/c1-2-12-24(13-3-1)39-42-40(44-41(43-39)32-21-11-19-29-26-15-7-9-23-34(26)46-38(29)32)31-20-10-18-28-25-14-4-5-16-27(25)35-30-17-6-8-22-33(30)45-37(35)36(28)31/h1-23H. The average molecular weight is 606 g/mol. The van der Waals surface area contributed by atoms with Gasteiger partial charge in [0.25, 0.3) is 0 Å². The summed E-state index contributed by atoms with van der Waals surface area (Å²) in [7, 11) is 0. The molecular weight excluding hydrogens is 583 g/mol. The Hall–Kier alpha value is -5.91. The molecule has 3 aromatic heterocycles. The molecule has 5 heteroatoms. The zero-order valence-corrected chi connectivity index (χ0v) is 25.3. The number of hydrogen-bond acceptors (Lipinski definition) is 5. The van der Waals surface area contributed by atoms with Gasteiger partial charge in [0.1, 0.15) is 11.2 Å². The number of nitrogens with zero attached hydrogens (tertiary/aromatic N) is 3. The molecule has 0 aliphatic rings. The molecule has 0 N–H and O–H groups in total. The lowest BCUT2D eigenvalue weighted by atomic mass is 9.94. The number of furan rings is 1. The molecule has 0 amide bonds. The van der Waals surface area contributed by atoms with Crippen molar-refractivity contribution in [3.05, 3.63) is 140 Å². The minimum atomic E-state index is 0.615. The van der Waals surface area contributed by atoms with Crippen LogP contribution in [0.3, 0.4) is 0 Å². The molecule has 0 bridgehead atoms. The van der Waals surface area contributed by atoms with E-state index in [2.05, 4.69) is 109 Å². The number of benzene rings is 7. The molecule has 0 atom stereocenters. The maximum atomic E-state index is 6.69. The fraction of sp³-hybridized carbons (Fsp3) is 0. The van der Waals surface area contributed by atoms with Gasteiger partial charge in [0.05, 0.1) is 0 Å². The van der Waals surface area contributed by atoms with Crippen LogP contribution >= 0.6 is 11.3 Å². The van der Waals surface area contributed by atoms with Crippen LogP contribution in [0.2, 0.25) is 0 Å². The molecule has 0 aliphatic heterocycles. The zero-order chi connectivity index (χ0) is 30.2. The van der Waals surface area contributed by atoms with Crippen molar-refractivity contribution in [1.82, 2.24) is 15.0 Å². The first-order valence-corrected chi connectivity index (χ1v) is 16.1. The molecule has 4 nitrogen and oxygen atoms in total. The lowest BCUT2D eigenvalue weighted by molar-refractivity contribution is 0.673. The van der Waals surface area contributed by atoms with Gasteiger partial charge in [-0.05, 0) is 34.4 Å². The molecule has 46 heavy (non-hydrogen) atoms. The summed E-state index contributed by atoms with van der Waals surface area (Å²) in [6.45, 7) is 0. The molecule has 0 spiro atoms. The van der Waals surface area contributed by atoms with E-state index in [1.165, 1.54) is 30.9 Å². The first kappa shape index (κ1) is 25.4. The van der Waals surface area contributed by atoms with Crippen LogP contribution in [0.15, 0.2) is 144 Å². The molecule has 0 aliphatic carbocycles. The van der Waals surface area contributed by atoms with Gasteiger partial charge in [0, 0.05) is 53.0 Å². The molecule has 7 aromatic carbocycles. The van der Waals surface area contributed by atoms with Crippen molar-refractivity contribution in [2.75, 3.05) is 0 Å². The van der Waals surface area contributed by atoms with E-state index in [-0.39, 0.29) is 0 Å². The Morgan fingerprint density at radius 3 is 1.85 bits per heavy atom. The molecule has 0 fully saturated rings. The molecule has 0 saturated heterocycles. The maximum Gasteiger partial charge on any atom is 0.165 e. The molecule has 0 unspecified atom stereocenters. The van der Waals surface area contributed by atoms with Crippen molar-refractivity contribution in [3.63, 3.8) is 0 Å². The van der Waals surface area contributed by atoms with Gasteiger partial charge in [0.2, 0.25) is 0 Å². The van der Waals surface area contributed by atoms with Crippen LogP contribution in [-0.4, -0.2) is 15.0 Å². The fourth-order valence-corrected chi connectivity index (χ4v) is 8.10. The molecule has 10 aromatic rings. The second-order valence-corrected chi connectivity index (χ2v) is 12.6. The van der Waals surface area contributed by atoms with E-state index in [0.717, 1.165) is 49.4 Å². The number of hydrogen-bond donors (Lipinski definition) is 0. The summed E-state index contributed by atoms with van der Waals surface area (Å²) in [6, 6.07) is 48.3. The van der Waals surface area contributed by atoms with Crippen molar-refractivity contribution < 1.29 is 4.42 Å². The summed E-state index contributed by atoms with van der Waals surface area (Å²) in [5.41, 5.74) is 4.56. The van der Waals surface area contributed by atoms with Crippen LogP contribution in [0.4, 0.5) is 0 Å². The summed E-state index contributed by atoms with van der Waals surface area (Å²) in [5, 5.41) is 9.12. The normalized spacial score (nSPS) is 11.9. The Labute approximate surface area is 267 Å². The van der Waals surface area contributed by atoms with E-state index in [0.29, 0.717) is 17.5 Å². The highest BCUT2D eigenvalue weighted by molar-refractivity contribution is 7.26. The van der Waals surface area contributed by atoms with Crippen LogP contribution in [0.1, 0.15) is 0 Å². The van der Waals surface area contributed by atoms with Crippen molar-refractivity contribution in [2.24, 2.45) is 0 Å². The van der Waals surface area contributed by atoms with Crippen LogP contribution in [0.25, 0.3) is 97.8 Å². The van der Waals surface area contributed by atoms with E-state index >= 15 is 0 Å². The molecule has 3 heterocycles. The van der Waals surface area contributed by atoms with E-state index < -0.39 is 0 Å². The van der Waals surface area contributed by atoms with Crippen molar-refractivity contribution >= 4 is 75.0 Å². The first-order valence-electron chi connectivity index (χ1n) is 15.3. The Morgan fingerprint density at radius 2 is 1.00 bits per heavy atom. The maximum absolute atomic E-state index is 6.69. The van der Waals surface area contributed by atoms with Crippen molar-refractivity contribution in [3.8, 4) is 34.2 Å². The SMILES string of the molecule is c1ccc(-c2nc(-c3cccc4c3sc3ccccc34)nc(-c3cccc4c5ccccc5c5c6ccccc6oc5c34)n2)cc1. The third kappa shape index (κ3) is 3.69. The zero-order valence-electron chi connectivity index (χ0n) is 24.4. The summed E-state index contributed by atoms with van der Waals surface area (Å²) in [6.07, 6.45) is 0. The van der Waals surface area contributed by atoms with E-state index in [1.807, 2.05) is 30.3 Å². The van der Waals surface area contributed by atoms with E-state index in [4.69, 9.17) is 19.4 Å². The predicted octanol–water partition coefficient (Wildman–Crippen LogP) is 11.4. The highest BCUT2D eigenvalue weighted by Gasteiger charge is 2.22.